The van der Waals surface area contributed by atoms with Crippen molar-refractivity contribution in [3.05, 3.63) is 23.8 Å². The van der Waals surface area contributed by atoms with Crippen molar-refractivity contribution in [2.45, 2.75) is 82.3 Å². The molecule has 0 amide bonds. The Morgan fingerprint density at radius 3 is 2.59 bits per heavy atom. The van der Waals surface area contributed by atoms with Crippen LogP contribution in [-0.4, -0.2) is 50.9 Å². The van der Waals surface area contributed by atoms with Gasteiger partial charge in [-0.05, 0) is 69.4 Å². The van der Waals surface area contributed by atoms with Crippen molar-refractivity contribution in [1.82, 2.24) is 0 Å². The molecule has 0 aliphatic heterocycles. The lowest BCUT2D eigenvalue weighted by Crippen LogP contribution is -2.64. The predicted molar refractivity (Wildman–Crippen MR) is 119 cm³/mol. The van der Waals surface area contributed by atoms with E-state index in [1.165, 1.54) is 6.92 Å². The number of allylic oxidation sites excluding steroid dienone is 4. The number of carbonyl (C=O) groups excluding carboxylic acids is 3. The van der Waals surface area contributed by atoms with Gasteiger partial charge in [-0.15, -0.1) is 11.6 Å². The average molecular weight is 465 g/mol. The van der Waals surface area contributed by atoms with Crippen LogP contribution in [0.25, 0.3) is 0 Å². The fourth-order valence-electron chi connectivity index (χ4n) is 7.38. The fraction of sp³-hybridized carbons (Fsp3) is 0.720. The number of ketones is 2. The molecule has 0 aromatic heterocycles. The lowest BCUT2D eigenvalue weighted by molar-refractivity contribution is -0.191. The third-order valence-electron chi connectivity index (χ3n) is 9.13. The number of alkyl halides is 1. The second kappa shape index (κ2) is 7.78. The first kappa shape index (κ1) is 23.7. The number of halogens is 1. The summed E-state index contributed by atoms with van der Waals surface area (Å²) < 4.78 is 5.87. The quantitative estimate of drug-likeness (QED) is 0.478. The van der Waals surface area contributed by atoms with Gasteiger partial charge in [-0.2, -0.15) is 0 Å². The highest BCUT2D eigenvalue weighted by Crippen LogP contribution is 2.71. The minimum Gasteiger partial charge on any atom is -0.450 e. The van der Waals surface area contributed by atoms with E-state index >= 15 is 0 Å². The van der Waals surface area contributed by atoms with Crippen LogP contribution in [0.4, 0.5) is 0 Å². The molecule has 4 aliphatic carbocycles. The molecule has 2 N–H and O–H groups in total. The lowest BCUT2D eigenvalue weighted by atomic mass is 9.46. The van der Waals surface area contributed by atoms with Crippen LogP contribution in [-0.2, 0) is 19.1 Å². The highest BCUT2D eigenvalue weighted by Gasteiger charge is 2.71. The molecule has 0 aromatic carbocycles. The van der Waals surface area contributed by atoms with E-state index in [-0.39, 0.29) is 24.0 Å². The summed E-state index contributed by atoms with van der Waals surface area (Å²) in [6.07, 6.45) is 7.96. The average Bonchev–Trinajstić information content (AvgIpc) is 3.01. The van der Waals surface area contributed by atoms with Gasteiger partial charge in [0.05, 0.1) is 17.4 Å². The Balaban J connectivity index is 1.72. The maximum atomic E-state index is 13.1. The second-order valence-electron chi connectivity index (χ2n) is 10.6. The Hall–Kier alpha value is -1.50. The highest BCUT2D eigenvalue weighted by atomic mass is 35.5. The first-order valence-corrected chi connectivity index (χ1v) is 12.0. The van der Waals surface area contributed by atoms with Gasteiger partial charge in [0.15, 0.2) is 11.4 Å². The van der Waals surface area contributed by atoms with Gasteiger partial charge in [-0.25, -0.2) is 0 Å². The Bertz CT molecular complexity index is 908. The van der Waals surface area contributed by atoms with E-state index in [1.54, 1.807) is 12.2 Å². The summed E-state index contributed by atoms with van der Waals surface area (Å²) >= 11 is 7.47. The molecule has 7 heteroatoms. The molecule has 6 nitrogen and oxygen atoms in total. The van der Waals surface area contributed by atoms with Crippen molar-refractivity contribution >= 4 is 29.1 Å². The molecule has 0 saturated heterocycles. The second-order valence-corrected chi connectivity index (χ2v) is 11.3. The summed E-state index contributed by atoms with van der Waals surface area (Å²) in [6, 6.07) is 0. The molecular formula is C25H33ClO6. The van der Waals surface area contributed by atoms with Crippen LogP contribution in [0, 0.1) is 22.7 Å². The molecule has 3 fully saturated rings. The molecule has 4 aliphatic rings. The van der Waals surface area contributed by atoms with Gasteiger partial charge in [0, 0.05) is 10.8 Å². The molecule has 4 rings (SSSR count). The van der Waals surface area contributed by atoms with E-state index < -0.39 is 45.8 Å². The van der Waals surface area contributed by atoms with Gasteiger partial charge in [0.2, 0.25) is 5.78 Å². The largest absolute Gasteiger partial charge is 0.450 e. The van der Waals surface area contributed by atoms with Gasteiger partial charge in [0.1, 0.15) is 6.61 Å². The summed E-state index contributed by atoms with van der Waals surface area (Å²) in [4.78, 5) is 37.1. The molecule has 7 atom stereocenters. The van der Waals surface area contributed by atoms with E-state index in [0.717, 1.165) is 18.4 Å². The van der Waals surface area contributed by atoms with E-state index in [4.69, 9.17) is 16.3 Å². The van der Waals surface area contributed by atoms with Crippen molar-refractivity contribution in [3.8, 4) is 0 Å². The van der Waals surface area contributed by atoms with Crippen molar-refractivity contribution < 1.29 is 29.3 Å². The van der Waals surface area contributed by atoms with E-state index in [9.17, 15) is 24.6 Å². The van der Waals surface area contributed by atoms with Crippen LogP contribution in [0.1, 0.15) is 65.7 Å². The number of esters is 1. The summed E-state index contributed by atoms with van der Waals surface area (Å²) in [7, 11) is 0. The Morgan fingerprint density at radius 2 is 1.94 bits per heavy atom. The number of hydrogen-bond donors (Lipinski definition) is 2. The van der Waals surface area contributed by atoms with Gasteiger partial charge in [0.25, 0.3) is 0 Å². The lowest BCUT2D eigenvalue weighted by Gasteiger charge is -2.62. The number of aliphatic hydroxyl groups excluding tert-OH is 2. The number of aliphatic hydroxyl groups is 2. The Kier molecular flexibility index (Phi) is 5.75. The minimum absolute atomic E-state index is 0.00436. The summed E-state index contributed by atoms with van der Waals surface area (Å²) in [6.45, 7) is 4.90. The first-order valence-electron chi connectivity index (χ1n) is 11.6. The molecule has 176 valence electrons. The smallest absolute Gasteiger partial charge is 0.309 e. The number of Topliss-reactive ketones (excluding diaryl/α,β-unsaturated/α-hetero) is 1. The van der Waals surface area contributed by atoms with Crippen LogP contribution in [0.15, 0.2) is 23.8 Å². The number of ether oxygens (including phenoxy) is 1. The van der Waals surface area contributed by atoms with Crippen LogP contribution >= 0.6 is 11.6 Å². The number of carbonyl (C=O) groups is 3. The maximum Gasteiger partial charge on any atom is 0.309 e. The van der Waals surface area contributed by atoms with Crippen molar-refractivity contribution in [3.63, 3.8) is 0 Å². The monoisotopic (exact) mass is 464 g/mol. The summed E-state index contributed by atoms with van der Waals surface area (Å²) in [5, 5.41) is 19.4. The summed E-state index contributed by atoms with van der Waals surface area (Å²) in [5.74, 6) is -0.995. The van der Waals surface area contributed by atoms with Crippen molar-refractivity contribution in [2.24, 2.45) is 22.7 Å². The van der Waals surface area contributed by atoms with Crippen LogP contribution < -0.4 is 0 Å². The Labute approximate surface area is 194 Å². The molecule has 1 unspecified atom stereocenters. The maximum absolute atomic E-state index is 13.1. The van der Waals surface area contributed by atoms with Crippen LogP contribution in [0.3, 0.4) is 0 Å². The number of rotatable bonds is 5. The van der Waals surface area contributed by atoms with Gasteiger partial charge < -0.3 is 14.9 Å². The zero-order valence-corrected chi connectivity index (χ0v) is 19.8. The van der Waals surface area contributed by atoms with E-state index in [1.807, 2.05) is 13.0 Å². The molecule has 0 radical (unpaired) electrons. The predicted octanol–water partition coefficient (Wildman–Crippen LogP) is 3.27. The van der Waals surface area contributed by atoms with Crippen molar-refractivity contribution in [1.29, 1.82) is 0 Å². The molecular weight excluding hydrogens is 432 g/mol. The number of hydrogen-bond acceptors (Lipinski definition) is 6. The fourth-order valence-corrected chi connectivity index (χ4v) is 7.92. The molecule has 3 saturated carbocycles. The standard InChI is InChI=1S/C25H33ClO6/c1-15(28)12-21(31)32-25(20(30)14-27)9-7-18-19-5-4-16-13-17(29)6-8-22(16,2)24(19,26)11-10-23(18,25)3/h6,8,13,15,18-19,27-28H,4-5,7,9-12,14H2,1-3H3/t15?,18-,19-,22-,23-,24+,25-/m0/s1. The minimum atomic E-state index is -1.41. The number of fused-ring (bicyclic) bond motifs is 5. The highest BCUT2D eigenvalue weighted by molar-refractivity contribution is 6.25. The zero-order valence-electron chi connectivity index (χ0n) is 19.0. The zero-order chi connectivity index (χ0) is 23.5. The molecule has 32 heavy (non-hydrogen) atoms. The van der Waals surface area contributed by atoms with Gasteiger partial charge >= 0.3 is 5.97 Å². The van der Waals surface area contributed by atoms with E-state index in [2.05, 4.69) is 6.92 Å². The normalized spacial score (nSPS) is 43.6. The third kappa shape index (κ3) is 3.09. The SMILES string of the molecule is CC(O)CC(=O)O[C@]1(C(=O)CO)CC[C@H]2[C@@H]3CCC4=CC(=O)C=C[C@]4(C)[C@@]3(Cl)CC[C@@]21C. The first-order chi connectivity index (χ1) is 14.9. The Morgan fingerprint density at radius 1 is 1.22 bits per heavy atom. The summed E-state index contributed by atoms with van der Waals surface area (Å²) in [5.41, 5.74) is -1.44. The molecule has 0 aromatic rings. The molecule has 0 spiro atoms. The van der Waals surface area contributed by atoms with Gasteiger partial charge in [-0.3, -0.25) is 14.4 Å². The van der Waals surface area contributed by atoms with Gasteiger partial charge in [-0.1, -0.05) is 25.5 Å². The third-order valence-corrected chi connectivity index (χ3v) is 9.99. The molecule has 0 bridgehead atoms. The molecule has 0 heterocycles. The topological polar surface area (TPSA) is 101 Å². The van der Waals surface area contributed by atoms with Crippen LogP contribution in [0.5, 0.6) is 0 Å². The van der Waals surface area contributed by atoms with E-state index in [0.29, 0.717) is 25.7 Å². The van der Waals surface area contributed by atoms with Crippen molar-refractivity contribution in [2.75, 3.05) is 6.61 Å². The van der Waals surface area contributed by atoms with Crippen LogP contribution in [0.2, 0.25) is 0 Å².